The van der Waals surface area contributed by atoms with Gasteiger partial charge in [-0.3, -0.25) is 14.7 Å². The average molecular weight is 552 g/mol. The van der Waals surface area contributed by atoms with Crippen molar-refractivity contribution in [2.24, 2.45) is 16.8 Å². The van der Waals surface area contributed by atoms with Crippen LogP contribution in [-0.4, -0.2) is 86.7 Å². The van der Waals surface area contributed by atoms with Crippen molar-refractivity contribution in [3.63, 3.8) is 0 Å². The zero-order chi connectivity index (χ0) is 21.8. The minimum atomic E-state index is 0. The van der Waals surface area contributed by atoms with Gasteiger partial charge in [0.1, 0.15) is 0 Å². The molecule has 1 unspecified atom stereocenters. The predicted molar refractivity (Wildman–Crippen MR) is 139 cm³/mol. The monoisotopic (exact) mass is 551 g/mol. The lowest BCUT2D eigenvalue weighted by Crippen LogP contribution is -2.51. The molecule has 0 bridgehead atoms. The number of aliphatic imine (C=N–C) groups is 1. The van der Waals surface area contributed by atoms with Crippen LogP contribution in [0.15, 0.2) is 4.99 Å². The van der Waals surface area contributed by atoms with E-state index >= 15 is 0 Å². The number of carbonyl (C=O) groups is 1. The van der Waals surface area contributed by atoms with Crippen molar-refractivity contribution in [1.82, 2.24) is 20.4 Å². The van der Waals surface area contributed by atoms with E-state index in [1.165, 1.54) is 12.8 Å². The van der Waals surface area contributed by atoms with E-state index in [9.17, 15) is 4.79 Å². The standard InChI is InChI=1S/C23H45N5O2.HI/c1-5-24-23(25-12-11-21(19(3)4)30-6-2)26-13-14-27-15-17-28(18-16-27)22(29)20-9-7-8-10-20;/h19-21H,5-18H2,1-4H3,(H2,24,25,26);1H. The summed E-state index contributed by atoms with van der Waals surface area (Å²) in [6.07, 6.45) is 5.85. The van der Waals surface area contributed by atoms with E-state index < -0.39 is 0 Å². The van der Waals surface area contributed by atoms with Gasteiger partial charge in [0.05, 0.1) is 6.10 Å². The number of ether oxygens (including phenoxy) is 1. The molecule has 2 fully saturated rings. The Morgan fingerprint density at radius 1 is 1.10 bits per heavy atom. The predicted octanol–water partition coefficient (Wildman–Crippen LogP) is 2.95. The summed E-state index contributed by atoms with van der Waals surface area (Å²) in [5.41, 5.74) is 0. The van der Waals surface area contributed by atoms with Crippen molar-refractivity contribution >= 4 is 35.8 Å². The molecule has 0 aromatic carbocycles. The summed E-state index contributed by atoms with van der Waals surface area (Å²) >= 11 is 0. The number of nitrogens with zero attached hydrogens (tertiary/aromatic N) is 3. The van der Waals surface area contributed by atoms with Crippen LogP contribution in [-0.2, 0) is 9.53 Å². The number of halogens is 1. The summed E-state index contributed by atoms with van der Waals surface area (Å²) in [4.78, 5) is 21.8. The van der Waals surface area contributed by atoms with E-state index in [-0.39, 0.29) is 30.1 Å². The molecule has 1 saturated heterocycles. The third-order valence-corrected chi connectivity index (χ3v) is 6.26. The molecule has 0 aromatic rings. The lowest BCUT2D eigenvalue weighted by Gasteiger charge is -2.36. The Kier molecular flexibility index (Phi) is 14.7. The molecule has 1 heterocycles. The Morgan fingerprint density at radius 2 is 1.77 bits per heavy atom. The fourth-order valence-corrected chi connectivity index (χ4v) is 4.42. The fourth-order valence-electron chi connectivity index (χ4n) is 4.42. The molecule has 0 aromatic heterocycles. The number of rotatable bonds is 11. The number of piperazine rings is 1. The fraction of sp³-hybridized carbons (Fsp3) is 0.913. The van der Waals surface area contributed by atoms with Crippen LogP contribution in [0, 0.1) is 11.8 Å². The van der Waals surface area contributed by atoms with E-state index in [0.717, 1.165) is 84.2 Å². The highest BCUT2D eigenvalue weighted by molar-refractivity contribution is 14.0. The summed E-state index contributed by atoms with van der Waals surface area (Å²) in [6.45, 7) is 16.4. The number of carbonyl (C=O) groups excluding carboxylic acids is 1. The van der Waals surface area contributed by atoms with Crippen LogP contribution < -0.4 is 10.6 Å². The highest BCUT2D eigenvalue weighted by Crippen LogP contribution is 2.26. The maximum absolute atomic E-state index is 12.6. The van der Waals surface area contributed by atoms with E-state index in [1.807, 2.05) is 0 Å². The molecule has 2 N–H and O–H groups in total. The Bertz CT molecular complexity index is 518. The van der Waals surface area contributed by atoms with E-state index in [0.29, 0.717) is 17.7 Å². The molecule has 0 radical (unpaired) electrons. The highest BCUT2D eigenvalue weighted by atomic mass is 127. The maximum Gasteiger partial charge on any atom is 0.225 e. The molecular weight excluding hydrogens is 505 g/mol. The first-order valence-electron chi connectivity index (χ1n) is 12.2. The van der Waals surface area contributed by atoms with Gasteiger partial charge in [-0.05, 0) is 39.0 Å². The van der Waals surface area contributed by atoms with Crippen LogP contribution in [0.5, 0.6) is 0 Å². The Hall–Kier alpha value is -0.610. The van der Waals surface area contributed by atoms with Crippen molar-refractivity contribution in [2.75, 3.05) is 59.0 Å². The van der Waals surface area contributed by atoms with Gasteiger partial charge in [0.15, 0.2) is 5.96 Å². The van der Waals surface area contributed by atoms with Gasteiger partial charge in [-0.1, -0.05) is 26.7 Å². The number of nitrogens with one attached hydrogen (secondary N) is 2. The minimum Gasteiger partial charge on any atom is -0.378 e. The third-order valence-electron chi connectivity index (χ3n) is 6.26. The quantitative estimate of drug-likeness (QED) is 0.235. The normalized spacial score (nSPS) is 19.4. The molecular formula is C23H46IN5O2. The van der Waals surface area contributed by atoms with Gasteiger partial charge in [-0.15, -0.1) is 24.0 Å². The van der Waals surface area contributed by atoms with Crippen LogP contribution >= 0.6 is 24.0 Å². The van der Waals surface area contributed by atoms with Gasteiger partial charge in [0.2, 0.25) is 5.91 Å². The van der Waals surface area contributed by atoms with Gasteiger partial charge in [-0.2, -0.15) is 0 Å². The number of amides is 1. The second-order valence-electron chi connectivity index (χ2n) is 8.86. The molecule has 1 atom stereocenters. The van der Waals surface area contributed by atoms with E-state index in [4.69, 9.17) is 9.73 Å². The number of hydrogen-bond donors (Lipinski definition) is 2. The van der Waals surface area contributed by atoms with Gasteiger partial charge < -0.3 is 20.3 Å². The lowest BCUT2D eigenvalue weighted by atomic mass is 10.0. The molecule has 7 nitrogen and oxygen atoms in total. The second-order valence-corrected chi connectivity index (χ2v) is 8.86. The molecule has 1 saturated carbocycles. The molecule has 2 aliphatic rings. The summed E-state index contributed by atoms with van der Waals surface area (Å²) in [6, 6.07) is 0. The lowest BCUT2D eigenvalue weighted by molar-refractivity contribution is -0.137. The maximum atomic E-state index is 12.6. The molecule has 31 heavy (non-hydrogen) atoms. The average Bonchev–Trinajstić information content (AvgIpc) is 3.28. The van der Waals surface area contributed by atoms with E-state index in [1.54, 1.807) is 0 Å². The van der Waals surface area contributed by atoms with Crippen LogP contribution in [0.4, 0.5) is 0 Å². The molecule has 0 spiro atoms. The first-order valence-corrected chi connectivity index (χ1v) is 12.2. The minimum absolute atomic E-state index is 0. The van der Waals surface area contributed by atoms with Crippen LogP contribution in [0.25, 0.3) is 0 Å². The van der Waals surface area contributed by atoms with Crippen LogP contribution in [0.3, 0.4) is 0 Å². The number of hydrogen-bond acceptors (Lipinski definition) is 4. The van der Waals surface area contributed by atoms with E-state index in [2.05, 4.69) is 48.1 Å². The van der Waals surface area contributed by atoms with Crippen molar-refractivity contribution in [3.8, 4) is 0 Å². The first-order chi connectivity index (χ1) is 14.5. The van der Waals surface area contributed by atoms with Gasteiger partial charge in [0, 0.05) is 64.9 Å². The van der Waals surface area contributed by atoms with Crippen LogP contribution in [0.1, 0.15) is 59.8 Å². The summed E-state index contributed by atoms with van der Waals surface area (Å²) < 4.78 is 5.82. The van der Waals surface area contributed by atoms with Gasteiger partial charge in [0.25, 0.3) is 0 Å². The summed E-state index contributed by atoms with van der Waals surface area (Å²) in [7, 11) is 0. The third kappa shape index (κ3) is 10.2. The van der Waals surface area contributed by atoms with Crippen molar-refractivity contribution in [3.05, 3.63) is 0 Å². The largest absolute Gasteiger partial charge is 0.378 e. The van der Waals surface area contributed by atoms with Crippen molar-refractivity contribution in [1.29, 1.82) is 0 Å². The topological polar surface area (TPSA) is 69.2 Å². The molecule has 2 rings (SSSR count). The SMILES string of the molecule is CCNC(=NCCC(OCC)C(C)C)NCCN1CCN(C(=O)C2CCCC2)CC1.I. The summed E-state index contributed by atoms with van der Waals surface area (Å²) in [5.74, 6) is 2.09. The highest BCUT2D eigenvalue weighted by Gasteiger charge is 2.29. The van der Waals surface area contributed by atoms with Crippen molar-refractivity contribution in [2.45, 2.75) is 65.9 Å². The molecule has 182 valence electrons. The molecule has 1 amide bonds. The van der Waals surface area contributed by atoms with Gasteiger partial charge >= 0.3 is 0 Å². The van der Waals surface area contributed by atoms with Crippen molar-refractivity contribution < 1.29 is 9.53 Å². The Morgan fingerprint density at radius 3 is 2.35 bits per heavy atom. The second kappa shape index (κ2) is 16.1. The molecule has 1 aliphatic carbocycles. The van der Waals surface area contributed by atoms with Gasteiger partial charge in [-0.25, -0.2) is 0 Å². The first kappa shape index (κ1) is 28.4. The Balaban J connectivity index is 0.00000480. The zero-order valence-electron chi connectivity index (χ0n) is 20.2. The van der Waals surface area contributed by atoms with Crippen LogP contribution in [0.2, 0.25) is 0 Å². The molecule has 8 heteroatoms. The zero-order valence-corrected chi connectivity index (χ0v) is 22.5. The number of guanidine groups is 1. The summed E-state index contributed by atoms with van der Waals surface area (Å²) in [5, 5.41) is 6.79. The smallest absolute Gasteiger partial charge is 0.225 e. The molecule has 1 aliphatic heterocycles. The Labute approximate surface area is 207 Å².